The maximum Gasteiger partial charge on any atom is 0.304 e. The first-order valence-electron chi connectivity index (χ1n) is 6.32. The van der Waals surface area contributed by atoms with Crippen molar-refractivity contribution in [1.29, 1.82) is 0 Å². The van der Waals surface area contributed by atoms with E-state index in [0.29, 0.717) is 5.69 Å². The van der Waals surface area contributed by atoms with Gasteiger partial charge in [0.15, 0.2) is 5.78 Å². The number of aryl methyl sites for hydroxylation is 1. The molecule has 0 aliphatic carbocycles. The first-order valence-corrected chi connectivity index (χ1v) is 6.32. The molecule has 1 atom stereocenters. The van der Waals surface area contributed by atoms with E-state index in [4.69, 9.17) is 5.11 Å². The lowest BCUT2D eigenvalue weighted by Gasteiger charge is -2.16. The Bertz CT molecular complexity index is 623. The van der Waals surface area contributed by atoms with Crippen LogP contribution in [-0.4, -0.2) is 21.8 Å². The number of carboxylic acid groups (broad SMARTS) is 1. The van der Waals surface area contributed by atoms with Gasteiger partial charge in [-0.15, -0.1) is 0 Å². The van der Waals surface area contributed by atoms with Crippen molar-refractivity contribution < 1.29 is 14.7 Å². The van der Waals surface area contributed by atoms with Gasteiger partial charge in [-0.2, -0.15) is 0 Å². The average molecular weight is 269 g/mol. The zero-order valence-electron chi connectivity index (χ0n) is 11.1. The molecule has 0 spiro atoms. The monoisotopic (exact) mass is 269 g/mol. The number of hydrogen-bond acceptors (Lipinski definition) is 3. The molecule has 0 aliphatic rings. The number of carboxylic acids is 1. The highest BCUT2D eigenvalue weighted by molar-refractivity contribution is 6.01. The molecule has 0 aliphatic heterocycles. The minimum atomic E-state index is -0.998. The maximum atomic E-state index is 12.5. The predicted octanol–water partition coefficient (Wildman–Crippen LogP) is 2.83. The van der Waals surface area contributed by atoms with Crippen LogP contribution >= 0.6 is 0 Å². The zero-order chi connectivity index (χ0) is 14.5. The quantitative estimate of drug-likeness (QED) is 0.847. The summed E-state index contributed by atoms with van der Waals surface area (Å²) in [4.78, 5) is 27.6. The van der Waals surface area contributed by atoms with Crippen LogP contribution in [-0.2, 0) is 4.79 Å². The number of hydrogen-bond donors (Lipinski definition) is 1. The lowest BCUT2D eigenvalue weighted by atomic mass is 9.87. The summed E-state index contributed by atoms with van der Waals surface area (Å²) in [6.45, 7) is 1.87. The minimum Gasteiger partial charge on any atom is -0.481 e. The molecule has 0 saturated carbocycles. The summed E-state index contributed by atoms with van der Waals surface area (Å²) in [5.41, 5.74) is 1.94. The Morgan fingerprint density at radius 1 is 1.15 bits per heavy atom. The van der Waals surface area contributed by atoms with Crippen LogP contribution in [0, 0.1) is 6.92 Å². The van der Waals surface area contributed by atoms with Gasteiger partial charge in [0.05, 0.1) is 12.3 Å². The zero-order valence-corrected chi connectivity index (χ0v) is 11.1. The van der Waals surface area contributed by atoms with Gasteiger partial charge in [-0.1, -0.05) is 30.3 Å². The Hall–Kier alpha value is -2.49. The molecule has 0 bridgehead atoms. The first-order chi connectivity index (χ1) is 9.59. The molecule has 4 nitrogen and oxygen atoms in total. The molecule has 102 valence electrons. The molecule has 1 N–H and O–H groups in total. The average Bonchev–Trinajstić information content (AvgIpc) is 2.46. The topological polar surface area (TPSA) is 67.3 Å². The number of carbonyl (C=O) groups is 2. The Kier molecular flexibility index (Phi) is 4.25. The molecule has 20 heavy (non-hydrogen) atoms. The third kappa shape index (κ3) is 3.09. The molecule has 1 aromatic carbocycles. The number of aromatic nitrogens is 1. The Morgan fingerprint density at radius 2 is 1.85 bits per heavy atom. The van der Waals surface area contributed by atoms with Gasteiger partial charge < -0.3 is 5.11 Å². The standard InChI is InChI=1S/C16H15NO3/c1-11-6-2-3-7-12(11)13(10-15(18)19)16(20)14-8-4-5-9-17-14/h2-9,13H,10H2,1H3,(H,18,19). The molecule has 1 unspecified atom stereocenters. The number of ketones is 1. The number of nitrogens with zero attached hydrogens (tertiary/aromatic N) is 1. The molecule has 0 amide bonds. The van der Waals surface area contributed by atoms with E-state index in [-0.39, 0.29) is 12.2 Å². The van der Waals surface area contributed by atoms with Crippen molar-refractivity contribution in [1.82, 2.24) is 4.98 Å². The van der Waals surface area contributed by atoms with Crippen molar-refractivity contribution in [3.05, 3.63) is 65.5 Å². The van der Waals surface area contributed by atoms with Crippen LogP contribution in [0.15, 0.2) is 48.7 Å². The number of aliphatic carboxylic acids is 1. The van der Waals surface area contributed by atoms with E-state index in [2.05, 4.69) is 4.98 Å². The molecule has 2 rings (SSSR count). The molecular weight excluding hydrogens is 254 g/mol. The van der Waals surface area contributed by atoms with Crippen molar-refractivity contribution in [3.8, 4) is 0 Å². The normalized spacial score (nSPS) is 11.8. The largest absolute Gasteiger partial charge is 0.481 e. The van der Waals surface area contributed by atoms with E-state index in [9.17, 15) is 9.59 Å². The molecule has 0 fully saturated rings. The Labute approximate surface area is 117 Å². The molecule has 0 saturated heterocycles. The highest BCUT2D eigenvalue weighted by atomic mass is 16.4. The van der Waals surface area contributed by atoms with Gasteiger partial charge >= 0.3 is 5.97 Å². The smallest absolute Gasteiger partial charge is 0.304 e. The number of carbonyl (C=O) groups excluding carboxylic acids is 1. The van der Waals surface area contributed by atoms with Gasteiger partial charge in [0.2, 0.25) is 0 Å². The van der Waals surface area contributed by atoms with Crippen LogP contribution in [0.5, 0.6) is 0 Å². The fourth-order valence-corrected chi connectivity index (χ4v) is 2.18. The third-order valence-electron chi connectivity index (χ3n) is 3.18. The number of benzene rings is 1. The summed E-state index contributed by atoms with van der Waals surface area (Å²) in [5, 5.41) is 9.06. The van der Waals surface area contributed by atoms with Gasteiger partial charge in [-0.05, 0) is 30.2 Å². The lowest BCUT2D eigenvalue weighted by molar-refractivity contribution is -0.137. The molecule has 1 aromatic heterocycles. The molecule has 2 aromatic rings. The molecular formula is C16H15NO3. The summed E-state index contributed by atoms with van der Waals surface area (Å²) < 4.78 is 0. The van der Waals surface area contributed by atoms with Crippen molar-refractivity contribution in [2.45, 2.75) is 19.3 Å². The van der Waals surface area contributed by atoms with E-state index in [1.165, 1.54) is 6.20 Å². The lowest BCUT2D eigenvalue weighted by Crippen LogP contribution is -2.18. The highest BCUT2D eigenvalue weighted by Crippen LogP contribution is 2.26. The predicted molar refractivity (Wildman–Crippen MR) is 74.7 cm³/mol. The summed E-state index contributed by atoms with van der Waals surface area (Å²) in [6.07, 6.45) is 1.29. The van der Waals surface area contributed by atoms with Gasteiger partial charge in [0, 0.05) is 6.20 Å². The summed E-state index contributed by atoms with van der Waals surface area (Å²) >= 11 is 0. The number of Topliss-reactive ketones (excluding diaryl/α,β-unsaturated/α-hetero) is 1. The Morgan fingerprint density at radius 3 is 2.45 bits per heavy atom. The Balaban J connectivity index is 2.41. The van der Waals surface area contributed by atoms with E-state index >= 15 is 0 Å². The SMILES string of the molecule is Cc1ccccc1C(CC(=O)O)C(=O)c1ccccn1. The van der Waals surface area contributed by atoms with Gasteiger partial charge in [0.1, 0.15) is 5.69 Å². The van der Waals surface area contributed by atoms with Crippen LogP contribution in [0.2, 0.25) is 0 Å². The van der Waals surface area contributed by atoms with Crippen LogP contribution in [0.4, 0.5) is 0 Å². The van der Waals surface area contributed by atoms with Crippen LogP contribution in [0.3, 0.4) is 0 Å². The second kappa shape index (κ2) is 6.10. The van der Waals surface area contributed by atoms with Crippen molar-refractivity contribution in [3.63, 3.8) is 0 Å². The van der Waals surface area contributed by atoms with Gasteiger partial charge in [-0.25, -0.2) is 0 Å². The number of pyridine rings is 1. The van der Waals surface area contributed by atoms with Gasteiger partial charge in [-0.3, -0.25) is 14.6 Å². The van der Waals surface area contributed by atoms with Crippen molar-refractivity contribution in [2.75, 3.05) is 0 Å². The first kappa shape index (κ1) is 13.9. The highest BCUT2D eigenvalue weighted by Gasteiger charge is 2.26. The van der Waals surface area contributed by atoms with Crippen LogP contribution < -0.4 is 0 Å². The second-order valence-electron chi connectivity index (χ2n) is 4.59. The van der Waals surface area contributed by atoms with Crippen molar-refractivity contribution >= 4 is 11.8 Å². The van der Waals surface area contributed by atoms with E-state index < -0.39 is 11.9 Å². The maximum absolute atomic E-state index is 12.5. The van der Waals surface area contributed by atoms with Gasteiger partial charge in [0.25, 0.3) is 0 Å². The van der Waals surface area contributed by atoms with E-state index in [1.807, 2.05) is 25.1 Å². The third-order valence-corrected chi connectivity index (χ3v) is 3.18. The molecule has 4 heteroatoms. The van der Waals surface area contributed by atoms with Crippen LogP contribution in [0.1, 0.15) is 34.0 Å². The van der Waals surface area contributed by atoms with Crippen LogP contribution in [0.25, 0.3) is 0 Å². The summed E-state index contributed by atoms with van der Waals surface area (Å²) in [5.74, 6) is -1.96. The molecule has 0 radical (unpaired) electrons. The minimum absolute atomic E-state index is 0.236. The fraction of sp³-hybridized carbons (Fsp3) is 0.188. The fourth-order valence-electron chi connectivity index (χ4n) is 2.18. The second-order valence-corrected chi connectivity index (χ2v) is 4.59. The van der Waals surface area contributed by atoms with E-state index in [0.717, 1.165) is 11.1 Å². The summed E-state index contributed by atoms with van der Waals surface area (Å²) in [6, 6.07) is 12.4. The number of rotatable bonds is 5. The van der Waals surface area contributed by atoms with Crippen molar-refractivity contribution in [2.24, 2.45) is 0 Å². The molecule has 1 heterocycles. The summed E-state index contributed by atoms with van der Waals surface area (Å²) in [7, 11) is 0. The van der Waals surface area contributed by atoms with E-state index in [1.54, 1.807) is 24.3 Å².